The van der Waals surface area contributed by atoms with Crippen molar-refractivity contribution in [1.82, 2.24) is 0 Å². The van der Waals surface area contributed by atoms with Gasteiger partial charge in [0.2, 0.25) is 0 Å². The molecule has 0 aromatic rings. The molecular formula is C32H52O5. The molecule has 0 radical (unpaired) electrons. The lowest BCUT2D eigenvalue weighted by molar-refractivity contribution is -0.192. The smallest absolute Gasteiger partial charge is 0.161 e. The second-order valence-corrected chi connectivity index (χ2v) is 14.9. The molecule has 5 heteroatoms. The molecule has 3 N–H and O–H groups in total. The van der Waals surface area contributed by atoms with E-state index < -0.39 is 17.8 Å². The van der Waals surface area contributed by atoms with Crippen LogP contribution < -0.4 is 0 Å². The van der Waals surface area contributed by atoms with E-state index in [1.807, 2.05) is 6.92 Å². The van der Waals surface area contributed by atoms with Crippen LogP contribution >= 0.6 is 0 Å². The molecule has 4 aliphatic carbocycles. The van der Waals surface area contributed by atoms with Crippen LogP contribution in [0.4, 0.5) is 0 Å². The summed E-state index contributed by atoms with van der Waals surface area (Å²) >= 11 is 0. The van der Waals surface area contributed by atoms with E-state index in [1.165, 1.54) is 0 Å². The maximum absolute atomic E-state index is 10.9. The van der Waals surface area contributed by atoms with Crippen LogP contribution in [0.1, 0.15) is 100 Å². The first-order valence-electron chi connectivity index (χ1n) is 14.9. The van der Waals surface area contributed by atoms with Crippen molar-refractivity contribution in [2.45, 2.75) is 131 Å². The first-order chi connectivity index (χ1) is 17.1. The molecular weight excluding hydrogens is 464 g/mol. The zero-order chi connectivity index (χ0) is 27.2. The van der Waals surface area contributed by atoms with E-state index >= 15 is 0 Å². The molecule has 0 amide bonds. The van der Waals surface area contributed by atoms with Gasteiger partial charge >= 0.3 is 0 Å². The van der Waals surface area contributed by atoms with Crippen molar-refractivity contribution in [1.29, 1.82) is 0 Å². The standard InChI is InChI=1S/C32H52O5/c1-9-36-27-19(18-23(37-27)26(34)29(4,5)35)20-12-16-32(8)22-10-11-24-28(2,3)25(33)14-15-30(24,6)21(22)13-17-31(20,32)7/h10,13,19-20,23-27,33-35H,9,11-12,14-18H2,1-8H3/t19-,20-,23-,24-,25-,26+,27+,30+,31-,32+/m0/s1. The van der Waals surface area contributed by atoms with Gasteiger partial charge in [-0.05, 0) is 110 Å². The van der Waals surface area contributed by atoms with Crippen LogP contribution in [0.25, 0.3) is 0 Å². The van der Waals surface area contributed by atoms with Gasteiger partial charge in [-0.25, -0.2) is 0 Å². The van der Waals surface area contributed by atoms with Crippen molar-refractivity contribution in [2.75, 3.05) is 6.61 Å². The van der Waals surface area contributed by atoms with Gasteiger partial charge in [-0.3, -0.25) is 0 Å². The first kappa shape index (κ1) is 27.8. The SMILES string of the molecule is CCO[C@@H]1O[C@H]([C@@H](O)C(C)(C)O)C[C@H]1[C@@H]1CC[C@]2(C)C3=CC[C@H]4C(C)(C)[C@@H](O)CC[C@]4(C)C3=CC[C@@]12C. The molecule has 2 saturated carbocycles. The Bertz CT molecular complexity index is 961. The van der Waals surface area contributed by atoms with E-state index in [2.05, 4.69) is 46.8 Å². The van der Waals surface area contributed by atoms with E-state index in [9.17, 15) is 15.3 Å². The van der Waals surface area contributed by atoms with Gasteiger partial charge in [0.15, 0.2) is 6.29 Å². The van der Waals surface area contributed by atoms with Crippen LogP contribution in [0.2, 0.25) is 0 Å². The third kappa shape index (κ3) is 3.89. The molecule has 0 aromatic heterocycles. The number of allylic oxidation sites excluding steroid dienone is 4. The van der Waals surface area contributed by atoms with E-state index in [0.29, 0.717) is 24.9 Å². The molecule has 5 aliphatic rings. The summed E-state index contributed by atoms with van der Waals surface area (Å²) in [4.78, 5) is 0. The fraction of sp³-hybridized carbons (Fsp3) is 0.875. The highest BCUT2D eigenvalue weighted by Crippen LogP contribution is 2.72. The maximum Gasteiger partial charge on any atom is 0.161 e. The zero-order valence-corrected chi connectivity index (χ0v) is 24.5. The van der Waals surface area contributed by atoms with Gasteiger partial charge in [-0.15, -0.1) is 0 Å². The molecule has 1 saturated heterocycles. The maximum atomic E-state index is 10.9. The number of fused-ring (bicyclic) bond motifs is 5. The molecule has 0 aromatic carbocycles. The van der Waals surface area contributed by atoms with Gasteiger partial charge in [0.05, 0.1) is 17.8 Å². The zero-order valence-electron chi connectivity index (χ0n) is 24.5. The van der Waals surface area contributed by atoms with Crippen LogP contribution in [-0.2, 0) is 9.47 Å². The average molecular weight is 517 g/mol. The topological polar surface area (TPSA) is 79.2 Å². The molecule has 3 fully saturated rings. The fourth-order valence-corrected chi connectivity index (χ4v) is 9.77. The molecule has 210 valence electrons. The molecule has 10 atom stereocenters. The molecule has 5 nitrogen and oxygen atoms in total. The summed E-state index contributed by atoms with van der Waals surface area (Å²) in [7, 11) is 0. The number of hydrogen-bond acceptors (Lipinski definition) is 5. The van der Waals surface area contributed by atoms with Gasteiger partial charge in [0.1, 0.15) is 6.10 Å². The largest absolute Gasteiger partial charge is 0.393 e. The van der Waals surface area contributed by atoms with Crippen LogP contribution in [0, 0.1) is 39.4 Å². The Morgan fingerprint density at radius 1 is 1.08 bits per heavy atom. The van der Waals surface area contributed by atoms with E-state index in [4.69, 9.17) is 9.47 Å². The summed E-state index contributed by atoms with van der Waals surface area (Å²) in [5.74, 6) is 1.07. The predicted octanol–water partition coefficient (Wildman–Crippen LogP) is 5.77. The van der Waals surface area contributed by atoms with Crippen LogP contribution in [-0.4, -0.2) is 52.1 Å². The quantitative estimate of drug-likeness (QED) is 0.432. The van der Waals surface area contributed by atoms with Gasteiger partial charge in [-0.2, -0.15) is 0 Å². The normalized spacial score (nSPS) is 48.0. The van der Waals surface area contributed by atoms with Gasteiger partial charge in [-0.1, -0.05) is 46.8 Å². The van der Waals surface area contributed by atoms with Crippen molar-refractivity contribution in [2.24, 2.45) is 39.4 Å². The highest BCUT2D eigenvalue weighted by molar-refractivity contribution is 5.50. The minimum absolute atomic E-state index is 0.0766. The van der Waals surface area contributed by atoms with Gasteiger partial charge in [0.25, 0.3) is 0 Å². The molecule has 5 rings (SSSR count). The molecule has 0 bridgehead atoms. The lowest BCUT2D eigenvalue weighted by atomic mass is 9.44. The summed E-state index contributed by atoms with van der Waals surface area (Å²) in [5.41, 5.74) is 2.10. The Hall–Kier alpha value is -0.720. The summed E-state index contributed by atoms with van der Waals surface area (Å²) in [6.45, 7) is 17.9. The third-order valence-electron chi connectivity index (χ3n) is 12.4. The number of hydrogen-bond donors (Lipinski definition) is 3. The van der Waals surface area contributed by atoms with Crippen LogP contribution in [0.5, 0.6) is 0 Å². The second kappa shape index (κ2) is 8.89. The highest BCUT2D eigenvalue weighted by Gasteiger charge is 2.65. The molecule has 0 unspecified atom stereocenters. The Morgan fingerprint density at radius 2 is 1.78 bits per heavy atom. The lowest BCUT2D eigenvalue weighted by Crippen LogP contribution is -2.54. The molecule has 0 spiro atoms. The average Bonchev–Trinajstić information content (AvgIpc) is 3.34. The van der Waals surface area contributed by atoms with E-state index in [-0.39, 0.29) is 40.0 Å². The van der Waals surface area contributed by atoms with Crippen LogP contribution in [0.15, 0.2) is 23.3 Å². The number of rotatable bonds is 5. The number of ether oxygens (including phenoxy) is 2. The monoisotopic (exact) mass is 516 g/mol. The third-order valence-corrected chi connectivity index (χ3v) is 12.4. The van der Waals surface area contributed by atoms with Crippen molar-refractivity contribution in [3.8, 4) is 0 Å². The lowest BCUT2D eigenvalue weighted by Gasteiger charge is -2.61. The van der Waals surface area contributed by atoms with E-state index in [0.717, 1.165) is 38.5 Å². The first-order valence-corrected chi connectivity index (χ1v) is 14.9. The second-order valence-electron chi connectivity index (χ2n) is 14.9. The molecule has 37 heavy (non-hydrogen) atoms. The Labute approximate surface area is 224 Å². The highest BCUT2D eigenvalue weighted by atomic mass is 16.7. The summed E-state index contributed by atoms with van der Waals surface area (Å²) < 4.78 is 12.4. The van der Waals surface area contributed by atoms with Crippen molar-refractivity contribution in [3.05, 3.63) is 23.3 Å². The van der Waals surface area contributed by atoms with Crippen LogP contribution in [0.3, 0.4) is 0 Å². The van der Waals surface area contributed by atoms with Gasteiger partial charge < -0.3 is 24.8 Å². The van der Waals surface area contributed by atoms with Crippen molar-refractivity contribution in [3.63, 3.8) is 0 Å². The molecule has 1 heterocycles. The summed E-state index contributed by atoms with van der Waals surface area (Å²) in [5, 5.41) is 32.2. The fourth-order valence-electron chi connectivity index (χ4n) is 9.77. The minimum atomic E-state index is -1.22. The summed E-state index contributed by atoms with van der Waals surface area (Å²) in [6.07, 6.45) is 10.2. The number of aliphatic hydroxyl groups excluding tert-OH is 2. The Morgan fingerprint density at radius 3 is 2.43 bits per heavy atom. The van der Waals surface area contributed by atoms with E-state index in [1.54, 1.807) is 25.0 Å². The van der Waals surface area contributed by atoms with Crippen molar-refractivity contribution >= 4 is 0 Å². The minimum Gasteiger partial charge on any atom is -0.393 e. The summed E-state index contributed by atoms with van der Waals surface area (Å²) in [6, 6.07) is 0. The van der Waals surface area contributed by atoms with Gasteiger partial charge in [0, 0.05) is 12.5 Å². The number of aliphatic hydroxyl groups is 3. The van der Waals surface area contributed by atoms with Crippen molar-refractivity contribution < 1.29 is 24.8 Å². The molecule has 1 aliphatic heterocycles. The predicted molar refractivity (Wildman–Crippen MR) is 146 cm³/mol. The Balaban J connectivity index is 1.48. The Kier molecular flexibility index (Phi) is 6.69.